The van der Waals surface area contributed by atoms with Crippen LogP contribution >= 0.6 is 34.8 Å². The molecule has 2 aromatic carbocycles. The average Bonchev–Trinajstić information content (AvgIpc) is 2.98. The second-order valence-corrected chi connectivity index (χ2v) is 8.24. The molecule has 0 spiro atoms. The molecule has 164 valence electrons. The lowest BCUT2D eigenvalue weighted by Gasteiger charge is -2.17. The number of halogens is 3. The molecule has 1 saturated heterocycles. The first kappa shape index (κ1) is 23.3. The van der Waals surface area contributed by atoms with E-state index < -0.39 is 11.9 Å². The molecule has 31 heavy (non-hydrogen) atoms. The van der Waals surface area contributed by atoms with Crippen LogP contribution in [-0.4, -0.2) is 30.1 Å². The summed E-state index contributed by atoms with van der Waals surface area (Å²) in [4.78, 5) is 26.3. The van der Waals surface area contributed by atoms with Crippen molar-refractivity contribution in [2.45, 2.75) is 32.9 Å². The molecule has 1 N–H and O–H groups in total. The number of benzene rings is 2. The maximum atomic E-state index is 12.8. The van der Waals surface area contributed by atoms with Gasteiger partial charge in [-0.25, -0.2) is 4.79 Å². The molecule has 6 nitrogen and oxygen atoms in total. The summed E-state index contributed by atoms with van der Waals surface area (Å²) >= 11 is 18.5. The fraction of sp³-hybridized carbons (Fsp3) is 0.273. The second kappa shape index (κ2) is 9.81. The van der Waals surface area contributed by atoms with E-state index in [0.29, 0.717) is 37.7 Å². The summed E-state index contributed by atoms with van der Waals surface area (Å²) < 4.78 is 11.2. The Morgan fingerprint density at radius 3 is 2.52 bits per heavy atom. The highest BCUT2D eigenvalue weighted by Gasteiger charge is 2.34. The number of carbonyl (C=O) groups excluding carboxylic acids is 2. The maximum Gasteiger partial charge on any atom is 0.329 e. The Morgan fingerprint density at radius 2 is 1.87 bits per heavy atom. The van der Waals surface area contributed by atoms with Crippen molar-refractivity contribution in [3.05, 3.63) is 62.2 Å². The van der Waals surface area contributed by atoms with Crippen LogP contribution in [0.15, 0.2) is 36.0 Å². The van der Waals surface area contributed by atoms with Gasteiger partial charge in [0.1, 0.15) is 5.70 Å². The first-order valence-corrected chi connectivity index (χ1v) is 10.7. The van der Waals surface area contributed by atoms with Gasteiger partial charge in [-0.1, -0.05) is 47.8 Å². The van der Waals surface area contributed by atoms with Crippen molar-refractivity contribution in [2.24, 2.45) is 0 Å². The lowest BCUT2D eigenvalue weighted by Crippen LogP contribution is -2.30. The Labute approximate surface area is 195 Å². The van der Waals surface area contributed by atoms with Gasteiger partial charge in [0.15, 0.2) is 11.5 Å². The second-order valence-electron chi connectivity index (χ2n) is 6.99. The van der Waals surface area contributed by atoms with E-state index in [2.05, 4.69) is 5.32 Å². The Morgan fingerprint density at radius 1 is 1.13 bits per heavy atom. The zero-order valence-corrected chi connectivity index (χ0v) is 19.4. The Balaban J connectivity index is 1.86. The van der Waals surface area contributed by atoms with E-state index >= 15 is 0 Å². The molecule has 0 aliphatic carbocycles. The highest BCUT2D eigenvalue weighted by molar-refractivity contribution is 6.35. The number of nitrogens with one attached hydrogen (secondary N) is 1. The van der Waals surface area contributed by atoms with Gasteiger partial charge >= 0.3 is 6.03 Å². The third-order valence-corrected chi connectivity index (χ3v) is 5.63. The highest BCUT2D eigenvalue weighted by atomic mass is 35.5. The molecule has 0 saturated carbocycles. The van der Waals surface area contributed by atoms with Gasteiger partial charge < -0.3 is 14.8 Å². The fourth-order valence-electron chi connectivity index (χ4n) is 2.92. The number of nitrogens with zero attached hydrogens (tertiary/aromatic N) is 1. The molecule has 0 bridgehead atoms. The monoisotopic (exact) mass is 482 g/mol. The third kappa shape index (κ3) is 5.26. The normalized spacial score (nSPS) is 15.9. The summed E-state index contributed by atoms with van der Waals surface area (Å²) in [6.07, 6.45) is 2.30. The zero-order chi connectivity index (χ0) is 22.7. The number of carbonyl (C=O) groups is 2. The maximum absolute atomic E-state index is 12.8. The van der Waals surface area contributed by atoms with Gasteiger partial charge in [-0.15, -0.1) is 0 Å². The minimum Gasteiger partial charge on any atom is -0.493 e. The molecule has 2 aromatic rings. The van der Waals surface area contributed by atoms with E-state index in [4.69, 9.17) is 44.3 Å². The predicted octanol–water partition coefficient (Wildman–Crippen LogP) is 5.93. The number of rotatable bonds is 7. The standard InChI is InChI=1S/C22H21Cl3N2O4/c1-4-12(2)31-20-17(25)7-13(9-19(20)30-3)8-18-21(28)27(22(29)26-18)11-14-5-6-15(23)10-16(14)24/h5-10,12H,4,11H2,1-3H3,(H,26,29)/b18-8-/t12-/m0/s1. The van der Waals surface area contributed by atoms with E-state index in [1.807, 2.05) is 13.8 Å². The van der Waals surface area contributed by atoms with Crippen molar-refractivity contribution in [2.75, 3.05) is 7.11 Å². The van der Waals surface area contributed by atoms with Crippen LogP contribution in [0.4, 0.5) is 4.79 Å². The number of hydrogen-bond donors (Lipinski definition) is 1. The molecule has 1 fully saturated rings. The van der Waals surface area contributed by atoms with Crippen LogP contribution in [0.5, 0.6) is 11.5 Å². The van der Waals surface area contributed by atoms with E-state index in [9.17, 15) is 9.59 Å². The zero-order valence-electron chi connectivity index (χ0n) is 17.2. The Hall–Kier alpha value is -2.41. The summed E-state index contributed by atoms with van der Waals surface area (Å²) in [6.45, 7) is 3.95. The largest absolute Gasteiger partial charge is 0.493 e. The molecule has 1 aliphatic heterocycles. The van der Waals surface area contributed by atoms with Gasteiger partial charge in [0.25, 0.3) is 5.91 Å². The van der Waals surface area contributed by atoms with Gasteiger partial charge in [0, 0.05) is 10.0 Å². The van der Waals surface area contributed by atoms with Crippen molar-refractivity contribution < 1.29 is 19.1 Å². The molecule has 1 aliphatic rings. The minimum atomic E-state index is -0.544. The number of imide groups is 1. The van der Waals surface area contributed by atoms with Crippen LogP contribution in [0.2, 0.25) is 15.1 Å². The lowest BCUT2D eigenvalue weighted by molar-refractivity contribution is -0.123. The first-order chi connectivity index (χ1) is 14.7. The molecule has 0 aromatic heterocycles. The van der Waals surface area contributed by atoms with E-state index in [1.165, 1.54) is 13.2 Å². The molecule has 0 unspecified atom stereocenters. The van der Waals surface area contributed by atoms with Crippen LogP contribution < -0.4 is 14.8 Å². The van der Waals surface area contributed by atoms with E-state index in [1.54, 1.807) is 30.3 Å². The molecule has 3 rings (SSSR count). The van der Waals surface area contributed by atoms with Crippen LogP contribution in [0, 0.1) is 0 Å². The summed E-state index contributed by atoms with van der Waals surface area (Å²) in [5, 5.41) is 3.77. The molecule has 3 amide bonds. The number of amides is 3. The molecule has 9 heteroatoms. The molecule has 0 radical (unpaired) electrons. The third-order valence-electron chi connectivity index (χ3n) is 4.76. The lowest BCUT2D eigenvalue weighted by atomic mass is 10.1. The number of urea groups is 1. The van der Waals surface area contributed by atoms with Crippen molar-refractivity contribution in [1.82, 2.24) is 10.2 Å². The summed E-state index contributed by atoms with van der Waals surface area (Å²) in [5.41, 5.74) is 1.30. The summed E-state index contributed by atoms with van der Waals surface area (Å²) in [5.74, 6) is 0.383. The Bertz CT molecular complexity index is 1060. The molecular weight excluding hydrogens is 463 g/mol. The number of ether oxygens (including phenoxy) is 2. The van der Waals surface area contributed by atoms with E-state index in [-0.39, 0.29) is 18.3 Å². The van der Waals surface area contributed by atoms with Crippen molar-refractivity contribution in [3.8, 4) is 11.5 Å². The predicted molar refractivity (Wildman–Crippen MR) is 122 cm³/mol. The van der Waals surface area contributed by atoms with Gasteiger partial charge in [-0.05, 0) is 54.8 Å². The molecular formula is C22H21Cl3N2O4. The summed E-state index contributed by atoms with van der Waals surface area (Å²) in [6, 6.07) is 7.67. The van der Waals surface area contributed by atoms with Crippen LogP contribution in [0.1, 0.15) is 31.4 Å². The molecule has 1 atom stereocenters. The van der Waals surface area contributed by atoms with Gasteiger partial charge in [0.2, 0.25) is 0 Å². The topological polar surface area (TPSA) is 67.9 Å². The van der Waals surface area contributed by atoms with Crippen molar-refractivity contribution >= 4 is 52.8 Å². The quantitative estimate of drug-likeness (QED) is 0.392. The van der Waals surface area contributed by atoms with Gasteiger partial charge in [0.05, 0.1) is 24.8 Å². The SMILES string of the molecule is CC[C@H](C)Oc1c(Cl)cc(/C=C2\NC(=O)N(Cc3ccc(Cl)cc3Cl)C2=O)cc1OC. The van der Waals surface area contributed by atoms with Crippen LogP contribution in [-0.2, 0) is 11.3 Å². The molecule has 1 heterocycles. The average molecular weight is 484 g/mol. The smallest absolute Gasteiger partial charge is 0.329 e. The fourth-order valence-corrected chi connectivity index (χ4v) is 3.66. The number of methoxy groups -OCH3 is 1. The first-order valence-electron chi connectivity index (χ1n) is 9.56. The minimum absolute atomic E-state index is 0.0176. The number of hydrogen-bond acceptors (Lipinski definition) is 4. The van der Waals surface area contributed by atoms with Crippen LogP contribution in [0.25, 0.3) is 6.08 Å². The highest BCUT2D eigenvalue weighted by Crippen LogP contribution is 2.38. The van der Waals surface area contributed by atoms with Crippen molar-refractivity contribution in [1.29, 1.82) is 0 Å². The van der Waals surface area contributed by atoms with Crippen molar-refractivity contribution in [3.63, 3.8) is 0 Å². The van der Waals surface area contributed by atoms with Gasteiger partial charge in [-0.2, -0.15) is 0 Å². The van der Waals surface area contributed by atoms with E-state index in [0.717, 1.165) is 11.3 Å². The Kier molecular flexibility index (Phi) is 7.36. The van der Waals surface area contributed by atoms with Gasteiger partial charge in [-0.3, -0.25) is 9.69 Å². The summed E-state index contributed by atoms with van der Waals surface area (Å²) in [7, 11) is 1.51. The van der Waals surface area contributed by atoms with Crippen LogP contribution in [0.3, 0.4) is 0 Å².